The van der Waals surface area contributed by atoms with Gasteiger partial charge in [0.25, 0.3) is 5.91 Å². The molecule has 0 unspecified atom stereocenters. The lowest BCUT2D eigenvalue weighted by molar-refractivity contribution is -0.124. The van der Waals surface area contributed by atoms with Gasteiger partial charge in [0.2, 0.25) is 5.69 Å². The first-order chi connectivity index (χ1) is 14.1. The van der Waals surface area contributed by atoms with E-state index >= 15 is 0 Å². The number of hydrogen-bond donors (Lipinski definition) is 1. The van der Waals surface area contributed by atoms with Gasteiger partial charge in [-0.3, -0.25) is 4.79 Å². The fraction of sp³-hybridized carbons (Fsp3) is 0.227. The number of nitrogens with one attached hydrogen (secondary N) is 1. The topological polar surface area (TPSA) is 82.5 Å². The molecule has 0 saturated carbocycles. The summed E-state index contributed by atoms with van der Waals surface area (Å²) in [4.78, 5) is 24.4. The largest absolute Gasteiger partial charge is 0.493 e. The fourth-order valence-corrected chi connectivity index (χ4v) is 2.78. The lowest BCUT2D eigenvalue weighted by Crippen LogP contribution is -2.31. The number of hydrogen-bond acceptors (Lipinski definition) is 5. The number of carbonyl (C=O) groups excluding carboxylic acids is 2. The van der Waals surface area contributed by atoms with Crippen LogP contribution in [0.2, 0.25) is 0 Å². The summed E-state index contributed by atoms with van der Waals surface area (Å²) >= 11 is 0. The molecule has 7 heteroatoms. The van der Waals surface area contributed by atoms with Crippen molar-refractivity contribution < 1.29 is 19.1 Å². The molecule has 1 aromatic heterocycles. The third-order valence-corrected chi connectivity index (χ3v) is 4.42. The Morgan fingerprint density at radius 2 is 1.72 bits per heavy atom. The molecule has 29 heavy (non-hydrogen) atoms. The van der Waals surface area contributed by atoms with Gasteiger partial charge in [0.1, 0.15) is 0 Å². The molecule has 3 aromatic rings. The fourth-order valence-electron chi connectivity index (χ4n) is 2.78. The highest BCUT2D eigenvalue weighted by atomic mass is 16.5. The zero-order chi connectivity index (χ0) is 20.6. The number of nitrogens with zero attached hydrogens (tertiary/aromatic N) is 2. The van der Waals surface area contributed by atoms with Crippen LogP contribution in [0.3, 0.4) is 0 Å². The monoisotopic (exact) mass is 393 g/mol. The summed E-state index contributed by atoms with van der Waals surface area (Å²) in [5.74, 6) is -0.667. The molecule has 0 spiro atoms. The van der Waals surface area contributed by atoms with Crippen LogP contribution in [0.25, 0.3) is 5.69 Å². The average molecular weight is 393 g/mol. The van der Waals surface area contributed by atoms with Crippen LogP contribution in [0.1, 0.15) is 28.9 Å². The van der Waals surface area contributed by atoms with E-state index in [9.17, 15) is 9.59 Å². The van der Waals surface area contributed by atoms with Crippen LogP contribution >= 0.6 is 0 Å². The standard InChI is InChI=1S/C22H23N3O4/c1-16(17-9-5-3-6-10-17)13-23-20(26)15-29-22(27)21-19(28-2)14-25(24-21)18-11-7-4-8-12-18/h3-12,14,16H,13,15H2,1-2H3,(H,23,26)/t16-/m0/s1. The summed E-state index contributed by atoms with van der Waals surface area (Å²) in [7, 11) is 1.45. The van der Waals surface area contributed by atoms with Crippen molar-refractivity contribution in [3.63, 3.8) is 0 Å². The number of amides is 1. The maximum absolute atomic E-state index is 12.4. The smallest absolute Gasteiger partial charge is 0.363 e. The van der Waals surface area contributed by atoms with E-state index in [-0.39, 0.29) is 29.9 Å². The van der Waals surface area contributed by atoms with Gasteiger partial charge in [-0.25, -0.2) is 9.48 Å². The molecule has 0 fully saturated rings. The Balaban J connectivity index is 1.55. The lowest BCUT2D eigenvalue weighted by atomic mass is 10.0. The van der Waals surface area contributed by atoms with E-state index in [2.05, 4.69) is 10.4 Å². The maximum Gasteiger partial charge on any atom is 0.363 e. The highest BCUT2D eigenvalue weighted by molar-refractivity contribution is 5.92. The van der Waals surface area contributed by atoms with Gasteiger partial charge in [0.15, 0.2) is 12.4 Å². The van der Waals surface area contributed by atoms with E-state index in [1.54, 1.807) is 6.20 Å². The van der Waals surface area contributed by atoms with Gasteiger partial charge in [-0.05, 0) is 23.6 Å². The van der Waals surface area contributed by atoms with Crippen molar-refractivity contribution in [2.45, 2.75) is 12.8 Å². The van der Waals surface area contributed by atoms with E-state index in [0.717, 1.165) is 11.3 Å². The summed E-state index contributed by atoms with van der Waals surface area (Å²) < 4.78 is 11.9. The predicted octanol–water partition coefficient (Wildman–Crippen LogP) is 2.96. The molecule has 3 rings (SSSR count). The molecule has 0 radical (unpaired) electrons. The average Bonchev–Trinajstić information content (AvgIpc) is 3.21. The van der Waals surface area contributed by atoms with Crippen LogP contribution in [0.5, 0.6) is 5.75 Å². The van der Waals surface area contributed by atoms with Crippen molar-refractivity contribution in [1.29, 1.82) is 0 Å². The number of esters is 1. The van der Waals surface area contributed by atoms with Crippen molar-refractivity contribution in [2.75, 3.05) is 20.3 Å². The number of rotatable bonds is 8. The third kappa shape index (κ3) is 5.22. The third-order valence-electron chi connectivity index (χ3n) is 4.42. The number of para-hydroxylation sites is 1. The Bertz CT molecular complexity index is 955. The second kappa shape index (κ2) is 9.54. The number of carbonyl (C=O) groups is 2. The van der Waals surface area contributed by atoms with Crippen LogP contribution < -0.4 is 10.1 Å². The zero-order valence-corrected chi connectivity index (χ0v) is 16.4. The normalized spacial score (nSPS) is 11.5. The molecule has 1 amide bonds. The number of ether oxygens (including phenoxy) is 2. The van der Waals surface area contributed by atoms with Gasteiger partial charge in [-0.15, -0.1) is 0 Å². The van der Waals surface area contributed by atoms with Crippen LogP contribution in [0, 0.1) is 0 Å². The second-order valence-corrected chi connectivity index (χ2v) is 6.52. The van der Waals surface area contributed by atoms with E-state index in [0.29, 0.717) is 6.54 Å². The lowest BCUT2D eigenvalue weighted by Gasteiger charge is -2.13. The molecule has 150 valence electrons. The quantitative estimate of drug-likeness (QED) is 0.595. The zero-order valence-electron chi connectivity index (χ0n) is 16.4. The molecule has 0 aliphatic carbocycles. The predicted molar refractivity (Wildman–Crippen MR) is 108 cm³/mol. The van der Waals surface area contributed by atoms with Gasteiger partial charge in [-0.2, -0.15) is 5.10 Å². The summed E-state index contributed by atoms with van der Waals surface area (Å²) in [6.45, 7) is 2.08. The van der Waals surface area contributed by atoms with Crippen LogP contribution in [-0.4, -0.2) is 41.9 Å². The Kier molecular flexibility index (Phi) is 6.63. The molecule has 7 nitrogen and oxygen atoms in total. The van der Waals surface area contributed by atoms with Crippen molar-refractivity contribution in [3.8, 4) is 11.4 Å². The van der Waals surface area contributed by atoms with Crippen LogP contribution in [0.15, 0.2) is 66.9 Å². The maximum atomic E-state index is 12.4. The first-order valence-electron chi connectivity index (χ1n) is 9.26. The van der Waals surface area contributed by atoms with Crippen LogP contribution in [0.4, 0.5) is 0 Å². The Hall–Kier alpha value is -3.61. The Morgan fingerprint density at radius 3 is 2.38 bits per heavy atom. The second-order valence-electron chi connectivity index (χ2n) is 6.52. The van der Waals surface area contributed by atoms with Crippen LogP contribution in [-0.2, 0) is 9.53 Å². The Morgan fingerprint density at radius 1 is 1.07 bits per heavy atom. The number of aromatic nitrogens is 2. The van der Waals surface area contributed by atoms with Crippen molar-refractivity contribution in [3.05, 3.63) is 78.1 Å². The molecule has 1 heterocycles. The van der Waals surface area contributed by atoms with Gasteiger partial charge < -0.3 is 14.8 Å². The first-order valence-corrected chi connectivity index (χ1v) is 9.26. The molecule has 0 bridgehead atoms. The van der Waals surface area contributed by atoms with Gasteiger partial charge in [0.05, 0.1) is 19.0 Å². The van der Waals surface area contributed by atoms with Gasteiger partial charge >= 0.3 is 5.97 Å². The molecule has 0 aliphatic rings. The summed E-state index contributed by atoms with van der Waals surface area (Å²) in [5.41, 5.74) is 1.92. The molecule has 0 aliphatic heterocycles. The van der Waals surface area contributed by atoms with E-state index in [4.69, 9.17) is 9.47 Å². The summed E-state index contributed by atoms with van der Waals surface area (Å²) in [6, 6.07) is 19.2. The molecule has 1 atom stereocenters. The minimum Gasteiger partial charge on any atom is -0.493 e. The van der Waals surface area contributed by atoms with Crippen molar-refractivity contribution >= 4 is 11.9 Å². The molecular formula is C22H23N3O4. The minimum absolute atomic E-state index is 0.0156. The summed E-state index contributed by atoms with van der Waals surface area (Å²) in [6.07, 6.45) is 1.59. The molecule has 1 N–H and O–H groups in total. The van der Waals surface area contributed by atoms with Gasteiger partial charge in [-0.1, -0.05) is 55.5 Å². The molecule has 2 aromatic carbocycles. The van der Waals surface area contributed by atoms with E-state index in [1.807, 2.05) is 67.6 Å². The summed E-state index contributed by atoms with van der Waals surface area (Å²) in [5, 5.41) is 7.00. The number of benzene rings is 2. The van der Waals surface area contributed by atoms with E-state index in [1.165, 1.54) is 11.8 Å². The van der Waals surface area contributed by atoms with E-state index < -0.39 is 5.97 Å². The highest BCUT2D eigenvalue weighted by Gasteiger charge is 2.21. The molecule has 0 saturated heterocycles. The highest BCUT2D eigenvalue weighted by Crippen LogP contribution is 2.20. The molecular weight excluding hydrogens is 370 g/mol. The Labute approximate surface area is 169 Å². The SMILES string of the molecule is COc1cn(-c2ccccc2)nc1C(=O)OCC(=O)NC[C@H](C)c1ccccc1. The number of methoxy groups -OCH3 is 1. The van der Waals surface area contributed by atoms with Gasteiger partial charge in [0, 0.05) is 6.54 Å². The minimum atomic E-state index is -0.720. The van der Waals surface area contributed by atoms with Crippen molar-refractivity contribution in [2.24, 2.45) is 0 Å². The first kappa shape index (κ1) is 20.1. The van der Waals surface area contributed by atoms with Crippen molar-refractivity contribution in [1.82, 2.24) is 15.1 Å².